The van der Waals surface area contributed by atoms with Gasteiger partial charge in [-0.1, -0.05) is 0 Å². The van der Waals surface area contributed by atoms with E-state index in [2.05, 4.69) is 13.2 Å². The summed E-state index contributed by atoms with van der Waals surface area (Å²) in [6.45, 7) is 0. The Morgan fingerprint density at radius 1 is 1.25 bits per heavy atom. The molecule has 4 heavy (non-hydrogen) atoms. The van der Waals surface area contributed by atoms with Gasteiger partial charge in [-0.25, -0.2) is 0 Å². The first-order chi connectivity index (χ1) is 1.00. The second-order valence-electron chi connectivity index (χ2n) is 0. The van der Waals surface area contributed by atoms with Crippen molar-refractivity contribution >= 4 is 30.2 Å². The predicted octanol–water partition coefficient (Wildman–Crippen LogP) is -1.03. The van der Waals surface area contributed by atoms with Crippen molar-refractivity contribution in [2.45, 2.75) is 0 Å². The molecule has 0 heterocycles. The summed E-state index contributed by atoms with van der Waals surface area (Å²) in [5.41, 5.74) is 0. The minimum absolute atomic E-state index is 0. The molecule has 0 aromatic carbocycles. The zero-order chi connectivity index (χ0) is 2.00. The van der Waals surface area contributed by atoms with Crippen LogP contribution in [0.15, 0.2) is 0 Å². The summed E-state index contributed by atoms with van der Waals surface area (Å²) in [6.07, 6.45) is 0. The molecule has 0 N–H and O–H groups in total. The first kappa shape index (κ1) is 16.3. The van der Waals surface area contributed by atoms with Crippen LogP contribution in [0, 0.1) is 0 Å². The Morgan fingerprint density at radius 2 is 1.25 bits per heavy atom. The molecule has 1 radical (unpaired) electrons. The summed E-state index contributed by atoms with van der Waals surface area (Å²) < 4.78 is 0. The normalized spacial score (nSPS) is 1.50. The molecule has 0 aromatic rings. The molecule has 0 saturated carbocycles. The average molecular weight is 290 g/mol. The Morgan fingerprint density at radius 3 is 1.25 bits per heavy atom. The van der Waals surface area contributed by atoms with Crippen molar-refractivity contribution < 1.29 is 35.2 Å². The average Bonchev–Trinajstić information content (AvgIpc) is 1.00. The quantitative estimate of drug-likeness (QED) is 0.500. The third-order valence-corrected chi connectivity index (χ3v) is 0. The molecule has 0 saturated heterocycles. The van der Waals surface area contributed by atoms with E-state index in [1.165, 1.54) is 15.8 Å². The van der Waals surface area contributed by atoms with E-state index in [0.29, 0.717) is 0 Å². The van der Waals surface area contributed by atoms with Gasteiger partial charge in [0.2, 0.25) is 0 Å². The van der Waals surface area contributed by atoms with Crippen LogP contribution in [0.5, 0.6) is 0 Å². The third kappa shape index (κ3) is 8.86. The second-order valence-corrected chi connectivity index (χ2v) is 0. The van der Waals surface area contributed by atoms with Crippen molar-refractivity contribution in [2.24, 2.45) is 0 Å². The molecule has 0 aliphatic heterocycles. The van der Waals surface area contributed by atoms with E-state index in [9.17, 15) is 0 Å². The number of hydrogen-bond acceptors (Lipinski definition) is 0. The maximum atomic E-state index is 2.75. The Bertz CT molecular complexity index is 4.00. The molecule has 0 aromatic heterocycles. The van der Waals surface area contributed by atoms with Crippen LogP contribution < -0.4 is 0 Å². The maximum absolute atomic E-state index is 2.75. The van der Waals surface area contributed by atoms with Crippen LogP contribution in [0.4, 0.5) is 0 Å². The van der Waals surface area contributed by atoms with Gasteiger partial charge < -0.3 is 0 Å². The standard InChI is InChI=1S/HSe.Se.2Zn/h1H;;;. The van der Waals surface area contributed by atoms with Gasteiger partial charge in [0.15, 0.2) is 0 Å². The summed E-state index contributed by atoms with van der Waals surface area (Å²) >= 11 is 4.00. The SMILES string of the molecule is [SeH].[Zn].[Zn]=[Se]. The van der Waals surface area contributed by atoms with Crippen LogP contribution in [0.2, 0.25) is 0 Å². The summed E-state index contributed by atoms with van der Waals surface area (Å²) in [4.78, 5) is 0. The van der Waals surface area contributed by atoms with Gasteiger partial charge in [-0.05, 0) is 0 Å². The Labute approximate surface area is 64.7 Å². The van der Waals surface area contributed by atoms with Crippen LogP contribution in [0.3, 0.4) is 0 Å². The first-order valence-corrected chi connectivity index (χ1v) is 7.79. The van der Waals surface area contributed by atoms with Gasteiger partial charge in [-0.2, -0.15) is 0 Å². The van der Waals surface area contributed by atoms with E-state index in [1.807, 2.05) is 0 Å². The fourth-order valence-electron chi connectivity index (χ4n) is 0. The molecular formula is HSe2Zn2. The molecule has 4 heteroatoms. The molecule has 0 nitrogen and oxygen atoms in total. The van der Waals surface area contributed by atoms with Crippen LogP contribution in [0.1, 0.15) is 0 Å². The van der Waals surface area contributed by atoms with Crippen LogP contribution in [0.25, 0.3) is 0 Å². The fraction of sp³-hybridized carbons (Fsp3) is 0. The molecule has 0 aliphatic carbocycles. The van der Waals surface area contributed by atoms with Crippen LogP contribution >= 0.6 is 0 Å². The zero-order valence-corrected chi connectivity index (χ0v) is 11.8. The summed E-state index contributed by atoms with van der Waals surface area (Å²) in [7, 11) is 0. The van der Waals surface area contributed by atoms with Crippen molar-refractivity contribution in [2.75, 3.05) is 0 Å². The van der Waals surface area contributed by atoms with Crippen molar-refractivity contribution in [3.05, 3.63) is 0 Å². The van der Waals surface area contributed by atoms with Crippen LogP contribution in [-0.2, 0) is 35.2 Å². The van der Waals surface area contributed by atoms with Gasteiger partial charge in [0.25, 0.3) is 0 Å². The van der Waals surface area contributed by atoms with E-state index < -0.39 is 0 Å². The second kappa shape index (κ2) is 18.6. The van der Waals surface area contributed by atoms with Gasteiger partial charge >= 0.3 is 46.0 Å². The predicted molar refractivity (Wildman–Crippen MR) is 12.9 cm³/mol. The van der Waals surface area contributed by atoms with Gasteiger partial charge in [0.1, 0.15) is 0 Å². The Hall–Kier alpha value is 2.29. The fourth-order valence-corrected chi connectivity index (χ4v) is 0. The van der Waals surface area contributed by atoms with Crippen molar-refractivity contribution in [1.29, 1.82) is 0 Å². The Balaban J connectivity index is -0.00000000500. The zero-order valence-electron chi connectivity index (χ0n) is 2.27. The van der Waals surface area contributed by atoms with Gasteiger partial charge in [0.05, 0.1) is 0 Å². The number of rotatable bonds is 0. The van der Waals surface area contributed by atoms with Gasteiger partial charge in [-0.3, -0.25) is 0 Å². The topological polar surface area (TPSA) is 0 Å². The molecule has 0 spiro atoms. The third-order valence-electron chi connectivity index (χ3n) is 0. The van der Waals surface area contributed by atoms with Crippen LogP contribution in [-0.4, -0.2) is 30.2 Å². The molecule has 0 unspecified atom stereocenters. The Kier molecular flexibility index (Phi) is 75.6. The summed E-state index contributed by atoms with van der Waals surface area (Å²) in [6, 6.07) is 0. The first-order valence-electron chi connectivity index (χ1n) is 0.289. The molecule has 0 bridgehead atoms. The van der Waals surface area contributed by atoms with Crippen molar-refractivity contribution in [1.82, 2.24) is 0 Å². The van der Waals surface area contributed by atoms with E-state index >= 15 is 0 Å². The molecule has 0 rings (SSSR count). The molecule has 0 atom stereocenters. The molecule has 0 aliphatic rings. The molecule has 0 amide bonds. The van der Waals surface area contributed by atoms with Gasteiger partial charge in [0, 0.05) is 19.5 Å². The van der Waals surface area contributed by atoms with Crippen molar-refractivity contribution in [3.63, 3.8) is 0 Å². The monoisotopic (exact) mass is 289 g/mol. The molecular weight excluding hydrogens is 289 g/mol. The van der Waals surface area contributed by atoms with Gasteiger partial charge in [-0.15, -0.1) is 0 Å². The van der Waals surface area contributed by atoms with E-state index in [0.717, 1.165) is 0 Å². The number of hydrogen-bond donors (Lipinski definition) is 0. The minimum atomic E-state index is 0. The summed E-state index contributed by atoms with van der Waals surface area (Å²) in [5, 5.41) is 0. The van der Waals surface area contributed by atoms with Crippen molar-refractivity contribution in [3.8, 4) is 0 Å². The summed E-state index contributed by atoms with van der Waals surface area (Å²) in [5.74, 6) is 0. The molecule has 17 valence electrons. The van der Waals surface area contributed by atoms with E-state index in [1.54, 1.807) is 0 Å². The van der Waals surface area contributed by atoms with E-state index in [-0.39, 0.29) is 36.5 Å². The molecule has 0 fully saturated rings. The van der Waals surface area contributed by atoms with E-state index in [4.69, 9.17) is 0 Å².